The van der Waals surface area contributed by atoms with Gasteiger partial charge in [0.15, 0.2) is 5.82 Å². The van der Waals surface area contributed by atoms with Crippen LogP contribution in [0.25, 0.3) is 11.5 Å². The maximum atomic E-state index is 6.29. The predicted octanol–water partition coefficient (Wildman–Crippen LogP) is 3.86. The normalized spacial score (nSPS) is 15.4. The number of aromatic nitrogens is 4. The third-order valence-corrected chi connectivity index (χ3v) is 5.31. The topological polar surface area (TPSA) is 60.8 Å². The smallest absolute Gasteiger partial charge is 0.216 e. The predicted molar refractivity (Wildman–Crippen MR) is 88.5 cm³/mol. The van der Waals surface area contributed by atoms with Gasteiger partial charge in [0.2, 0.25) is 5.88 Å². The molecule has 0 amide bonds. The Morgan fingerprint density at radius 1 is 1.24 bits per heavy atom. The Morgan fingerprint density at radius 3 is 2.71 bits per heavy atom. The number of nitrogens with zero attached hydrogens (tertiary/aromatic N) is 4. The van der Waals surface area contributed by atoms with Crippen LogP contribution in [0.1, 0.15) is 37.3 Å². The van der Waals surface area contributed by atoms with Gasteiger partial charge in [0.1, 0.15) is 17.2 Å². The zero-order valence-corrected chi connectivity index (χ0v) is 14.4. The summed E-state index contributed by atoms with van der Waals surface area (Å²) in [5.41, 5.74) is 1.67. The number of halogens is 2. The highest BCUT2D eigenvalue weighted by Crippen LogP contribution is 2.37. The zero-order chi connectivity index (χ0) is 14.8. The molecule has 0 spiro atoms. The molecule has 1 aliphatic rings. The molecular weight excluding hydrogens is 403 g/mol. The fourth-order valence-electron chi connectivity index (χ4n) is 2.59. The van der Waals surface area contributed by atoms with Crippen molar-refractivity contribution < 1.29 is 4.74 Å². The number of rotatable bonds is 3. The highest BCUT2D eigenvalue weighted by atomic mass is 127. The van der Waals surface area contributed by atoms with Crippen molar-refractivity contribution in [3.8, 4) is 17.4 Å². The van der Waals surface area contributed by atoms with Crippen LogP contribution in [0.3, 0.4) is 0 Å². The molecule has 0 unspecified atom stereocenters. The molecule has 0 aromatic carbocycles. The molecule has 2 heterocycles. The van der Waals surface area contributed by atoms with Gasteiger partial charge < -0.3 is 4.74 Å². The summed E-state index contributed by atoms with van der Waals surface area (Å²) >= 11 is 8.52. The second kappa shape index (κ2) is 6.39. The number of methoxy groups -OCH3 is 1. The van der Waals surface area contributed by atoms with Crippen molar-refractivity contribution in [3.05, 3.63) is 26.8 Å². The molecule has 7 heteroatoms. The maximum absolute atomic E-state index is 6.29. The summed E-state index contributed by atoms with van der Waals surface area (Å²) in [7, 11) is 1.57. The van der Waals surface area contributed by atoms with Gasteiger partial charge in [-0.2, -0.15) is 0 Å². The van der Waals surface area contributed by atoms with Crippen molar-refractivity contribution >= 4 is 34.2 Å². The van der Waals surface area contributed by atoms with Gasteiger partial charge >= 0.3 is 0 Å². The van der Waals surface area contributed by atoms with E-state index >= 15 is 0 Å². The SMILES string of the molecule is COc1cc(-c2nc(Cl)c(I)c(C3CCCC3)n2)ncn1. The fourth-order valence-corrected chi connectivity index (χ4v) is 3.45. The van der Waals surface area contributed by atoms with Crippen LogP contribution in [0, 0.1) is 3.57 Å². The molecule has 0 saturated heterocycles. The molecule has 1 saturated carbocycles. The molecule has 0 N–H and O–H groups in total. The van der Waals surface area contributed by atoms with Crippen molar-refractivity contribution in [2.75, 3.05) is 7.11 Å². The van der Waals surface area contributed by atoms with E-state index in [1.165, 1.54) is 19.2 Å². The summed E-state index contributed by atoms with van der Waals surface area (Å²) in [6.07, 6.45) is 6.27. The average Bonchev–Trinajstić information content (AvgIpc) is 3.04. The van der Waals surface area contributed by atoms with Gasteiger partial charge in [0.05, 0.1) is 16.4 Å². The number of hydrogen-bond acceptors (Lipinski definition) is 5. The van der Waals surface area contributed by atoms with Gasteiger partial charge in [0.25, 0.3) is 0 Å². The lowest BCUT2D eigenvalue weighted by molar-refractivity contribution is 0.397. The standard InChI is InChI=1S/C14H14ClIN4O/c1-21-10-6-9(17-7-18-10)14-19-12(8-4-2-3-5-8)11(16)13(15)20-14/h6-8H,2-5H2,1H3. The molecule has 1 fully saturated rings. The molecule has 21 heavy (non-hydrogen) atoms. The van der Waals surface area contributed by atoms with E-state index < -0.39 is 0 Å². The first kappa shape index (κ1) is 14.9. The first-order valence-electron chi connectivity index (χ1n) is 6.78. The number of ether oxygens (including phenoxy) is 1. The van der Waals surface area contributed by atoms with Crippen molar-refractivity contribution in [2.24, 2.45) is 0 Å². The Bertz CT molecular complexity index is 661. The highest BCUT2D eigenvalue weighted by Gasteiger charge is 2.24. The molecule has 3 rings (SSSR count). The van der Waals surface area contributed by atoms with Crippen LogP contribution < -0.4 is 4.74 Å². The van der Waals surface area contributed by atoms with E-state index in [1.54, 1.807) is 13.2 Å². The lowest BCUT2D eigenvalue weighted by Gasteiger charge is -2.13. The van der Waals surface area contributed by atoms with Crippen LogP contribution in [0.4, 0.5) is 0 Å². The van der Waals surface area contributed by atoms with Gasteiger partial charge in [-0.05, 0) is 35.4 Å². The fraction of sp³-hybridized carbons (Fsp3) is 0.429. The van der Waals surface area contributed by atoms with E-state index in [1.807, 2.05) is 0 Å². The third-order valence-electron chi connectivity index (χ3n) is 3.66. The van der Waals surface area contributed by atoms with Crippen LogP contribution in [-0.2, 0) is 0 Å². The molecular formula is C14H14ClIN4O. The van der Waals surface area contributed by atoms with Crippen molar-refractivity contribution in [1.29, 1.82) is 0 Å². The molecule has 0 atom stereocenters. The van der Waals surface area contributed by atoms with E-state index in [2.05, 4.69) is 37.5 Å². The molecule has 2 aromatic heterocycles. The second-order valence-corrected chi connectivity index (χ2v) is 6.40. The Morgan fingerprint density at radius 2 is 2.00 bits per heavy atom. The molecule has 0 bridgehead atoms. The monoisotopic (exact) mass is 416 g/mol. The Labute approximate surface area is 141 Å². The Balaban J connectivity index is 2.06. The minimum Gasteiger partial charge on any atom is -0.481 e. The van der Waals surface area contributed by atoms with Gasteiger partial charge in [-0.1, -0.05) is 24.4 Å². The minimum atomic E-state index is 0.472. The van der Waals surface area contributed by atoms with Crippen LogP contribution in [-0.4, -0.2) is 27.0 Å². The van der Waals surface area contributed by atoms with Gasteiger partial charge in [0, 0.05) is 12.0 Å². The van der Waals surface area contributed by atoms with Crippen molar-refractivity contribution in [3.63, 3.8) is 0 Å². The van der Waals surface area contributed by atoms with Crippen LogP contribution in [0.2, 0.25) is 5.15 Å². The molecule has 5 nitrogen and oxygen atoms in total. The molecule has 2 aromatic rings. The summed E-state index contributed by atoms with van der Waals surface area (Å²) < 4.78 is 6.07. The lowest BCUT2D eigenvalue weighted by Crippen LogP contribution is -2.05. The molecule has 1 aliphatic carbocycles. The maximum Gasteiger partial charge on any atom is 0.216 e. The summed E-state index contributed by atoms with van der Waals surface area (Å²) in [5, 5.41) is 0.486. The second-order valence-electron chi connectivity index (χ2n) is 4.96. The lowest BCUT2D eigenvalue weighted by atomic mass is 10.0. The van der Waals surface area contributed by atoms with Crippen LogP contribution >= 0.6 is 34.2 Å². The van der Waals surface area contributed by atoms with Gasteiger partial charge in [-0.15, -0.1) is 0 Å². The van der Waals surface area contributed by atoms with E-state index in [-0.39, 0.29) is 0 Å². The Hall–Kier alpha value is -1.02. The third kappa shape index (κ3) is 3.11. The van der Waals surface area contributed by atoms with Crippen molar-refractivity contribution in [2.45, 2.75) is 31.6 Å². The molecule has 0 aliphatic heterocycles. The number of hydrogen-bond donors (Lipinski definition) is 0. The van der Waals surface area contributed by atoms with E-state index in [4.69, 9.17) is 21.3 Å². The van der Waals surface area contributed by atoms with Gasteiger partial charge in [-0.25, -0.2) is 19.9 Å². The first-order chi connectivity index (χ1) is 10.2. The summed E-state index contributed by atoms with van der Waals surface area (Å²) in [4.78, 5) is 17.3. The summed E-state index contributed by atoms with van der Waals surface area (Å²) in [6.45, 7) is 0. The van der Waals surface area contributed by atoms with Crippen molar-refractivity contribution in [1.82, 2.24) is 19.9 Å². The summed E-state index contributed by atoms with van der Waals surface area (Å²) in [6, 6.07) is 1.72. The summed E-state index contributed by atoms with van der Waals surface area (Å²) in [5.74, 6) is 1.49. The quantitative estimate of drug-likeness (QED) is 0.562. The van der Waals surface area contributed by atoms with E-state index in [0.29, 0.717) is 28.5 Å². The largest absolute Gasteiger partial charge is 0.481 e. The van der Waals surface area contributed by atoms with Crippen LogP contribution in [0.5, 0.6) is 5.88 Å². The Kier molecular flexibility index (Phi) is 4.54. The first-order valence-corrected chi connectivity index (χ1v) is 8.24. The molecule has 0 radical (unpaired) electrons. The van der Waals surface area contributed by atoms with E-state index in [0.717, 1.165) is 22.1 Å². The minimum absolute atomic E-state index is 0.472. The molecule has 110 valence electrons. The zero-order valence-electron chi connectivity index (χ0n) is 11.5. The highest BCUT2D eigenvalue weighted by molar-refractivity contribution is 14.1. The van der Waals surface area contributed by atoms with E-state index in [9.17, 15) is 0 Å². The average molecular weight is 417 g/mol. The van der Waals surface area contributed by atoms with Crippen LogP contribution in [0.15, 0.2) is 12.4 Å². The van der Waals surface area contributed by atoms with Gasteiger partial charge in [-0.3, -0.25) is 0 Å².